The molecule has 0 spiro atoms. The average molecular weight is 190 g/mol. The molecule has 0 unspecified atom stereocenters. The third kappa shape index (κ3) is 2.02. The van der Waals surface area contributed by atoms with Crippen LogP contribution in [0.2, 0.25) is 0 Å². The van der Waals surface area contributed by atoms with Gasteiger partial charge in [-0.3, -0.25) is 4.79 Å². The van der Waals surface area contributed by atoms with Crippen molar-refractivity contribution in [2.24, 2.45) is 0 Å². The van der Waals surface area contributed by atoms with Gasteiger partial charge in [-0.25, -0.2) is 0 Å². The molecule has 4 heteroatoms. The maximum Gasteiger partial charge on any atom is 0.307 e. The number of carbonyl (C=O) groups is 1. The van der Waals surface area contributed by atoms with Crippen molar-refractivity contribution >= 4 is 11.7 Å². The lowest BCUT2D eigenvalue weighted by Gasteiger charge is -2.06. The summed E-state index contributed by atoms with van der Waals surface area (Å²) in [5.41, 5.74) is 7.80. The van der Waals surface area contributed by atoms with E-state index < -0.39 is 5.97 Å². The Morgan fingerprint density at radius 3 is 2.79 bits per heavy atom. The van der Waals surface area contributed by atoms with Gasteiger partial charge in [0.1, 0.15) is 0 Å². The molecule has 0 saturated heterocycles. The van der Waals surface area contributed by atoms with Crippen LogP contribution < -0.4 is 5.73 Å². The Kier molecular flexibility index (Phi) is 2.73. The number of benzene rings is 1. The number of nitrogens with zero attached hydrogens (tertiary/aromatic N) is 1. The SMILES string of the molecule is Cc1cc(C#N)cc(CC(=O)O)c1N. The van der Waals surface area contributed by atoms with E-state index in [-0.39, 0.29) is 6.42 Å². The fraction of sp³-hybridized carbons (Fsp3) is 0.200. The summed E-state index contributed by atoms with van der Waals surface area (Å²) in [5, 5.41) is 17.3. The molecule has 0 saturated carbocycles. The molecule has 0 fully saturated rings. The molecule has 0 aliphatic carbocycles. The van der Waals surface area contributed by atoms with Gasteiger partial charge in [-0.2, -0.15) is 5.26 Å². The molecule has 1 aromatic rings. The number of nitriles is 1. The summed E-state index contributed by atoms with van der Waals surface area (Å²) in [6.45, 7) is 1.75. The predicted octanol–water partition coefficient (Wildman–Crippen LogP) is 1.08. The maximum atomic E-state index is 10.5. The van der Waals surface area contributed by atoms with Crippen molar-refractivity contribution in [2.45, 2.75) is 13.3 Å². The second-order valence-electron chi connectivity index (χ2n) is 3.05. The summed E-state index contributed by atoms with van der Waals surface area (Å²) in [6, 6.07) is 5.11. The minimum absolute atomic E-state index is 0.151. The number of carboxylic acids is 1. The molecule has 1 aromatic carbocycles. The average Bonchev–Trinajstić information content (AvgIpc) is 2.11. The van der Waals surface area contributed by atoms with E-state index in [2.05, 4.69) is 0 Å². The van der Waals surface area contributed by atoms with Crippen LogP contribution in [-0.2, 0) is 11.2 Å². The van der Waals surface area contributed by atoms with Crippen LogP contribution in [0.1, 0.15) is 16.7 Å². The van der Waals surface area contributed by atoms with Crippen LogP contribution in [0.15, 0.2) is 12.1 Å². The zero-order valence-corrected chi connectivity index (χ0v) is 7.74. The van der Waals surface area contributed by atoms with Gasteiger partial charge < -0.3 is 10.8 Å². The minimum atomic E-state index is -0.953. The Balaban J connectivity index is 3.21. The topological polar surface area (TPSA) is 87.1 Å². The Hall–Kier alpha value is -2.02. The van der Waals surface area contributed by atoms with Gasteiger partial charge in [0.05, 0.1) is 18.1 Å². The van der Waals surface area contributed by atoms with Crippen molar-refractivity contribution < 1.29 is 9.90 Å². The molecule has 0 atom stereocenters. The van der Waals surface area contributed by atoms with Crippen LogP contribution in [0, 0.1) is 18.3 Å². The second-order valence-corrected chi connectivity index (χ2v) is 3.05. The van der Waals surface area contributed by atoms with E-state index >= 15 is 0 Å². The number of anilines is 1. The Morgan fingerprint density at radius 2 is 2.29 bits per heavy atom. The molecule has 0 aliphatic rings. The van der Waals surface area contributed by atoms with Crippen molar-refractivity contribution in [3.05, 3.63) is 28.8 Å². The highest BCUT2D eigenvalue weighted by Crippen LogP contribution is 2.19. The first-order chi connectivity index (χ1) is 6.54. The molecule has 0 amide bonds. The van der Waals surface area contributed by atoms with E-state index in [1.165, 1.54) is 6.07 Å². The highest BCUT2D eigenvalue weighted by atomic mass is 16.4. The molecule has 0 aromatic heterocycles. The van der Waals surface area contributed by atoms with E-state index in [0.717, 1.165) is 5.56 Å². The van der Waals surface area contributed by atoms with Gasteiger partial charge in [-0.15, -0.1) is 0 Å². The third-order valence-corrected chi connectivity index (χ3v) is 1.94. The van der Waals surface area contributed by atoms with Crippen molar-refractivity contribution in [3.63, 3.8) is 0 Å². The summed E-state index contributed by atoms with van der Waals surface area (Å²) in [4.78, 5) is 10.5. The van der Waals surface area contributed by atoms with E-state index in [0.29, 0.717) is 16.8 Å². The fourth-order valence-corrected chi connectivity index (χ4v) is 1.25. The summed E-state index contributed by atoms with van der Waals surface area (Å²) in [6.07, 6.45) is -0.151. The van der Waals surface area contributed by atoms with E-state index in [1.807, 2.05) is 6.07 Å². The van der Waals surface area contributed by atoms with Gasteiger partial charge >= 0.3 is 5.97 Å². The van der Waals surface area contributed by atoms with Gasteiger partial charge in [0.25, 0.3) is 0 Å². The summed E-state index contributed by atoms with van der Waals surface area (Å²) >= 11 is 0. The van der Waals surface area contributed by atoms with Gasteiger partial charge in [0, 0.05) is 5.69 Å². The molecular weight excluding hydrogens is 180 g/mol. The zero-order chi connectivity index (χ0) is 10.7. The van der Waals surface area contributed by atoms with Crippen LogP contribution >= 0.6 is 0 Å². The van der Waals surface area contributed by atoms with Crippen molar-refractivity contribution in [1.82, 2.24) is 0 Å². The number of nitrogens with two attached hydrogens (primary N) is 1. The molecule has 72 valence electrons. The fourth-order valence-electron chi connectivity index (χ4n) is 1.25. The number of rotatable bonds is 2. The molecule has 3 N–H and O–H groups in total. The first-order valence-electron chi connectivity index (χ1n) is 4.05. The summed E-state index contributed by atoms with van der Waals surface area (Å²) in [5.74, 6) is -0.953. The Morgan fingerprint density at radius 1 is 1.64 bits per heavy atom. The largest absolute Gasteiger partial charge is 0.481 e. The number of aryl methyl sites for hydroxylation is 1. The number of hydrogen-bond acceptors (Lipinski definition) is 3. The van der Waals surface area contributed by atoms with Gasteiger partial charge in [0.2, 0.25) is 0 Å². The van der Waals surface area contributed by atoms with E-state index in [1.54, 1.807) is 13.0 Å². The molecule has 0 bridgehead atoms. The number of hydrogen-bond donors (Lipinski definition) is 2. The van der Waals surface area contributed by atoms with E-state index in [4.69, 9.17) is 16.1 Å². The first kappa shape index (κ1) is 10.1. The van der Waals surface area contributed by atoms with Crippen molar-refractivity contribution in [2.75, 3.05) is 5.73 Å². The monoisotopic (exact) mass is 190 g/mol. The highest BCUT2D eigenvalue weighted by molar-refractivity contribution is 5.74. The van der Waals surface area contributed by atoms with Crippen molar-refractivity contribution in [1.29, 1.82) is 5.26 Å². The lowest BCUT2D eigenvalue weighted by Crippen LogP contribution is -2.05. The lowest BCUT2D eigenvalue weighted by molar-refractivity contribution is -0.136. The van der Waals surface area contributed by atoms with Gasteiger partial charge in [-0.1, -0.05) is 0 Å². The second kappa shape index (κ2) is 3.79. The molecule has 1 rings (SSSR count). The summed E-state index contributed by atoms with van der Waals surface area (Å²) < 4.78 is 0. The molecular formula is C10H10N2O2. The van der Waals surface area contributed by atoms with Crippen LogP contribution in [0.4, 0.5) is 5.69 Å². The van der Waals surface area contributed by atoms with Gasteiger partial charge in [-0.05, 0) is 30.2 Å². The van der Waals surface area contributed by atoms with Crippen LogP contribution in [0.25, 0.3) is 0 Å². The predicted molar refractivity (Wildman–Crippen MR) is 51.6 cm³/mol. The molecule has 4 nitrogen and oxygen atoms in total. The van der Waals surface area contributed by atoms with E-state index in [9.17, 15) is 4.79 Å². The Bertz CT molecular complexity index is 419. The number of nitrogen functional groups attached to an aromatic ring is 1. The number of carboxylic acid groups (broad SMARTS) is 1. The standard InChI is InChI=1S/C10H10N2O2/c1-6-2-7(5-11)3-8(10(6)12)4-9(13)14/h2-3H,4,12H2,1H3,(H,13,14). The maximum absolute atomic E-state index is 10.5. The molecule has 0 heterocycles. The van der Waals surface area contributed by atoms with Crippen LogP contribution in [0.5, 0.6) is 0 Å². The number of aliphatic carboxylic acids is 1. The zero-order valence-electron chi connectivity index (χ0n) is 7.74. The smallest absolute Gasteiger partial charge is 0.307 e. The van der Waals surface area contributed by atoms with Crippen LogP contribution in [-0.4, -0.2) is 11.1 Å². The van der Waals surface area contributed by atoms with Crippen molar-refractivity contribution in [3.8, 4) is 6.07 Å². The quantitative estimate of drug-likeness (QED) is 0.683. The third-order valence-electron chi connectivity index (χ3n) is 1.94. The normalized spacial score (nSPS) is 9.43. The van der Waals surface area contributed by atoms with Crippen LogP contribution in [0.3, 0.4) is 0 Å². The van der Waals surface area contributed by atoms with Gasteiger partial charge in [0.15, 0.2) is 0 Å². The lowest BCUT2D eigenvalue weighted by atomic mass is 10.0. The minimum Gasteiger partial charge on any atom is -0.481 e. The molecule has 14 heavy (non-hydrogen) atoms. The first-order valence-corrected chi connectivity index (χ1v) is 4.05. The Labute approximate surface area is 81.6 Å². The molecule has 0 aliphatic heterocycles. The highest BCUT2D eigenvalue weighted by Gasteiger charge is 2.08. The molecule has 0 radical (unpaired) electrons. The summed E-state index contributed by atoms with van der Waals surface area (Å²) in [7, 11) is 0.